The second-order valence-corrected chi connectivity index (χ2v) is 5.35. The lowest BCUT2D eigenvalue weighted by Crippen LogP contribution is -2.13. The second kappa shape index (κ2) is 6.01. The number of hydrogen-bond acceptors (Lipinski definition) is 4. The summed E-state index contributed by atoms with van der Waals surface area (Å²) in [4.78, 5) is 26.6. The summed E-state index contributed by atoms with van der Waals surface area (Å²) in [5, 5.41) is 13.5. The Morgan fingerprint density at radius 1 is 1.29 bits per heavy atom. The second-order valence-electron chi connectivity index (χ2n) is 4.60. The number of aryl methyl sites for hydroxylation is 2. The van der Waals surface area contributed by atoms with E-state index >= 15 is 0 Å². The molecule has 6 nitrogen and oxygen atoms in total. The summed E-state index contributed by atoms with van der Waals surface area (Å²) in [6, 6.07) is 6.03. The summed E-state index contributed by atoms with van der Waals surface area (Å²) in [6.45, 7) is 3.55. The highest BCUT2D eigenvalue weighted by atomic mass is 79.9. The highest BCUT2D eigenvalue weighted by molar-refractivity contribution is 9.10. The molecular weight excluding hydrogens is 338 g/mol. The molecule has 0 saturated heterocycles. The Labute approximate surface area is 129 Å². The van der Waals surface area contributed by atoms with Gasteiger partial charge >= 0.3 is 0 Å². The van der Waals surface area contributed by atoms with Crippen molar-refractivity contribution >= 4 is 33.2 Å². The van der Waals surface area contributed by atoms with Gasteiger partial charge in [-0.1, -0.05) is 0 Å². The van der Waals surface area contributed by atoms with Gasteiger partial charge in [0.05, 0.1) is 16.8 Å². The van der Waals surface area contributed by atoms with Crippen LogP contribution in [0.1, 0.15) is 21.5 Å². The standard InChI is InChI=1S/C14H12BrN3O3/c1-8-3-10(6-12(4-8)18(20)21)14(19)17-11-5-9(2)13(15)16-7-11/h3-7H,1-2H3,(H,17,19). The van der Waals surface area contributed by atoms with E-state index in [1.807, 2.05) is 6.92 Å². The molecule has 1 aromatic carbocycles. The SMILES string of the molecule is Cc1cc(C(=O)Nc2cnc(Br)c(C)c2)cc([N+](=O)[O-])c1. The number of amides is 1. The van der Waals surface area contributed by atoms with Crippen molar-refractivity contribution in [3.63, 3.8) is 0 Å². The third-order valence-electron chi connectivity index (χ3n) is 2.81. The zero-order valence-corrected chi connectivity index (χ0v) is 13.0. The summed E-state index contributed by atoms with van der Waals surface area (Å²) in [5.74, 6) is -0.412. The van der Waals surface area contributed by atoms with Crippen molar-refractivity contribution < 1.29 is 9.72 Å². The first-order valence-electron chi connectivity index (χ1n) is 6.06. The van der Waals surface area contributed by atoms with Gasteiger partial charge in [-0.15, -0.1) is 0 Å². The minimum absolute atomic E-state index is 0.106. The zero-order valence-electron chi connectivity index (χ0n) is 11.4. The maximum atomic E-state index is 12.2. The normalized spacial score (nSPS) is 10.2. The topological polar surface area (TPSA) is 85.1 Å². The minimum atomic E-state index is -0.519. The highest BCUT2D eigenvalue weighted by Crippen LogP contribution is 2.20. The largest absolute Gasteiger partial charge is 0.321 e. The summed E-state index contributed by atoms with van der Waals surface area (Å²) in [5.41, 5.74) is 2.19. The van der Waals surface area contributed by atoms with Crippen LogP contribution in [0.4, 0.5) is 11.4 Å². The van der Waals surface area contributed by atoms with Gasteiger partial charge in [-0.25, -0.2) is 4.98 Å². The van der Waals surface area contributed by atoms with Gasteiger partial charge in [0, 0.05) is 17.7 Å². The predicted molar refractivity (Wildman–Crippen MR) is 82.5 cm³/mol. The monoisotopic (exact) mass is 349 g/mol. The van der Waals surface area contributed by atoms with Crippen LogP contribution in [-0.2, 0) is 0 Å². The van der Waals surface area contributed by atoms with E-state index in [2.05, 4.69) is 26.2 Å². The third kappa shape index (κ3) is 3.63. The fourth-order valence-electron chi connectivity index (χ4n) is 1.83. The van der Waals surface area contributed by atoms with Gasteiger partial charge in [0.1, 0.15) is 4.60 Å². The van der Waals surface area contributed by atoms with E-state index in [-0.39, 0.29) is 11.3 Å². The van der Waals surface area contributed by atoms with Crippen molar-refractivity contribution in [2.24, 2.45) is 0 Å². The van der Waals surface area contributed by atoms with Crippen LogP contribution in [0.2, 0.25) is 0 Å². The average Bonchev–Trinajstić information content (AvgIpc) is 2.42. The number of rotatable bonds is 3. The number of benzene rings is 1. The molecule has 0 fully saturated rings. The summed E-state index contributed by atoms with van der Waals surface area (Å²) in [6.07, 6.45) is 1.51. The lowest BCUT2D eigenvalue weighted by molar-refractivity contribution is -0.384. The van der Waals surface area contributed by atoms with Crippen molar-refractivity contribution in [2.75, 3.05) is 5.32 Å². The number of non-ortho nitro benzene ring substituents is 1. The van der Waals surface area contributed by atoms with Crippen molar-refractivity contribution in [3.05, 3.63) is 61.9 Å². The first-order chi connectivity index (χ1) is 9.86. The molecule has 0 unspecified atom stereocenters. The predicted octanol–water partition coefficient (Wildman–Crippen LogP) is 3.62. The van der Waals surface area contributed by atoms with E-state index in [0.717, 1.165) is 5.56 Å². The molecule has 108 valence electrons. The van der Waals surface area contributed by atoms with Gasteiger partial charge in [-0.3, -0.25) is 14.9 Å². The molecule has 0 bridgehead atoms. The van der Waals surface area contributed by atoms with Crippen LogP contribution >= 0.6 is 15.9 Å². The van der Waals surface area contributed by atoms with E-state index in [9.17, 15) is 14.9 Å². The van der Waals surface area contributed by atoms with E-state index in [4.69, 9.17) is 0 Å². The fraction of sp³-hybridized carbons (Fsp3) is 0.143. The number of halogens is 1. The Morgan fingerprint density at radius 3 is 2.62 bits per heavy atom. The molecule has 1 N–H and O–H groups in total. The van der Waals surface area contributed by atoms with Gasteiger partial charge in [0.25, 0.3) is 11.6 Å². The number of hydrogen-bond donors (Lipinski definition) is 1. The molecule has 0 radical (unpaired) electrons. The van der Waals surface area contributed by atoms with Crippen LogP contribution in [-0.4, -0.2) is 15.8 Å². The Morgan fingerprint density at radius 2 is 2.00 bits per heavy atom. The van der Waals surface area contributed by atoms with Gasteiger partial charge < -0.3 is 5.32 Å². The molecule has 0 aliphatic carbocycles. The molecule has 0 saturated carbocycles. The number of carbonyl (C=O) groups is 1. The van der Waals surface area contributed by atoms with Gasteiger partial charge in [-0.05, 0) is 53.0 Å². The third-order valence-corrected chi connectivity index (χ3v) is 3.64. The highest BCUT2D eigenvalue weighted by Gasteiger charge is 2.13. The molecule has 0 aliphatic heterocycles. The molecule has 0 spiro atoms. The maximum Gasteiger partial charge on any atom is 0.270 e. The first-order valence-corrected chi connectivity index (χ1v) is 6.85. The Hall–Kier alpha value is -2.28. The molecule has 0 atom stereocenters. The summed E-state index contributed by atoms with van der Waals surface area (Å²) >= 11 is 3.28. The lowest BCUT2D eigenvalue weighted by atomic mass is 10.1. The molecule has 7 heteroatoms. The molecular formula is C14H12BrN3O3. The lowest BCUT2D eigenvalue weighted by Gasteiger charge is -2.07. The number of anilines is 1. The molecule has 2 aromatic rings. The first kappa shape index (κ1) is 15.1. The van der Waals surface area contributed by atoms with Crippen molar-refractivity contribution in [3.8, 4) is 0 Å². The number of nitro benzene ring substituents is 1. The number of pyridine rings is 1. The fourth-order valence-corrected chi connectivity index (χ4v) is 2.05. The number of aromatic nitrogens is 1. The van der Waals surface area contributed by atoms with Crippen molar-refractivity contribution in [1.82, 2.24) is 4.98 Å². The molecule has 1 heterocycles. The Bertz CT molecular complexity index is 731. The van der Waals surface area contributed by atoms with Crippen LogP contribution in [0.5, 0.6) is 0 Å². The molecule has 0 aliphatic rings. The molecule has 1 amide bonds. The minimum Gasteiger partial charge on any atom is -0.321 e. The number of carbonyl (C=O) groups excluding carboxylic acids is 1. The van der Waals surface area contributed by atoms with Gasteiger partial charge in [0.2, 0.25) is 0 Å². The van der Waals surface area contributed by atoms with Crippen LogP contribution in [0, 0.1) is 24.0 Å². The number of nitrogens with one attached hydrogen (secondary N) is 1. The van der Waals surface area contributed by atoms with Crippen LogP contribution in [0.15, 0.2) is 35.1 Å². The van der Waals surface area contributed by atoms with Crippen LogP contribution < -0.4 is 5.32 Å². The van der Waals surface area contributed by atoms with E-state index < -0.39 is 10.8 Å². The van der Waals surface area contributed by atoms with E-state index in [0.29, 0.717) is 15.9 Å². The summed E-state index contributed by atoms with van der Waals surface area (Å²) in [7, 11) is 0. The Kier molecular flexibility index (Phi) is 4.32. The van der Waals surface area contributed by atoms with Crippen molar-refractivity contribution in [1.29, 1.82) is 0 Å². The van der Waals surface area contributed by atoms with Gasteiger partial charge in [0.15, 0.2) is 0 Å². The summed E-state index contributed by atoms with van der Waals surface area (Å²) < 4.78 is 0.701. The van der Waals surface area contributed by atoms with Crippen LogP contribution in [0.3, 0.4) is 0 Å². The maximum absolute atomic E-state index is 12.2. The average molecular weight is 350 g/mol. The van der Waals surface area contributed by atoms with Gasteiger partial charge in [-0.2, -0.15) is 0 Å². The number of nitro groups is 1. The van der Waals surface area contributed by atoms with Crippen molar-refractivity contribution in [2.45, 2.75) is 13.8 Å². The molecule has 21 heavy (non-hydrogen) atoms. The van der Waals surface area contributed by atoms with E-state index in [1.54, 1.807) is 19.1 Å². The molecule has 2 rings (SSSR count). The quantitative estimate of drug-likeness (QED) is 0.520. The molecule has 1 aromatic heterocycles. The van der Waals surface area contributed by atoms with Crippen LogP contribution in [0.25, 0.3) is 0 Å². The number of nitrogens with zero attached hydrogens (tertiary/aromatic N) is 2. The Balaban J connectivity index is 2.27. The smallest absolute Gasteiger partial charge is 0.270 e. The van der Waals surface area contributed by atoms with E-state index in [1.165, 1.54) is 18.3 Å². The zero-order chi connectivity index (χ0) is 15.6.